The van der Waals surface area contributed by atoms with Crippen molar-refractivity contribution >= 4 is 0 Å². The van der Waals surface area contributed by atoms with Gasteiger partial charge in [-0.2, -0.15) is 0 Å². The summed E-state index contributed by atoms with van der Waals surface area (Å²) in [5, 5.41) is 9.25. The van der Waals surface area contributed by atoms with Crippen molar-refractivity contribution in [2.24, 2.45) is 5.92 Å². The van der Waals surface area contributed by atoms with Crippen molar-refractivity contribution < 1.29 is 9.84 Å². The van der Waals surface area contributed by atoms with Crippen LogP contribution >= 0.6 is 0 Å². The molecule has 1 aliphatic carbocycles. The maximum atomic E-state index is 9.25. The average Bonchev–Trinajstić information content (AvgIpc) is 2.96. The number of aliphatic hydroxyl groups is 1. The molecule has 0 aromatic heterocycles. The molecule has 2 nitrogen and oxygen atoms in total. The van der Waals surface area contributed by atoms with Crippen molar-refractivity contribution in [2.45, 2.75) is 103 Å². The van der Waals surface area contributed by atoms with Crippen LogP contribution in [0.15, 0.2) is 0 Å². The van der Waals surface area contributed by atoms with Gasteiger partial charge in [-0.1, -0.05) is 77.6 Å². The molecule has 1 N–H and O–H groups in total. The van der Waals surface area contributed by atoms with Crippen LogP contribution in [-0.4, -0.2) is 24.4 Å². The second-order valence-corrected chi connectivity index (χ2v) is 6.82. The SMILES string of the molecule is CCCCCCCCCCCCCO[C@H]1CCC[C@H]1CO. The van der Waals surface area contributed by atoms with Crippen LogP contribution in [0.2, 0.25) is 0 Å². The van der Waals surface area contributed by atoms with Crippen molar-refractivity contribution in [3.8, 4) is 0 Å². The smallest absolute Gasteiger partial charge is 0.0625 e. The molecule has 2 heteroatoms. The van der Waals surface area contributed by atoms with Gasteiger partial charge in [-0.25, -0.2) is 0 Å². The van der Waals surface area contributed by atoms with Crippen molar-refractivity contribution in [2.75, 3.05) is 13.2 Å². The quantitative estimate of drug-likeness (QED) is 0.431. The minimum atomic E-state index is 0.308. The zero-order valence-corrected chi connectivity index (χ0v) is 14.3. The Hall–Kier alpha value is -0.0800. The highest BCUT2D eigenvalue weighted by Crippen LogP contribution is 2.27. The van der Waals surface area contributed by atoms with Crippen molar-refractivity contribution in [1.29, 1.82) is 0 Å². The summed E-state index contributed by atoms with van der Waals surface area (Å²) in [6, 6.07) is 0. The first kappa shape index (κ1) is 19.0. The van der Waals surface area contributed by atoms with Gasteiger partial charge in [0.05, 0.1) is 6.10 Å². The van der Waals surface area contributed by atoms with Gasteiger partial charge in [-0.15, -0.1) is 0 Å². The van der Waals surface area contributed by atoms with E-state index in [4.69, 9.17) is 4.74 Å². The van der Waals surface area contributed by atoms with Crippen LogP contribution in [0.1, 0.15) is 96.8 Å². The predicted molar refractivity (Wildman–Crippen MR) is 90.6 cm³/mol. The summed E-state index contributed by atoms with van der Waals surface area (Å²) in [6.45, 7) is 3.49. The minimum absolute atomic E-state index is 0.308. The lowest BCUT2D eigenvalue weighted by atomic mass is 10.1. The van der Waals surface area contributed by atoms with Gasteiger partial charge >= 0.3 is 0 Å². The lowest BCUT2D eigenvalue weighted by molar-refractivity contribution is 0.00875. The van der Waals surface area contributed by atoms with Gasteiger partial charge in [-0.05, 0) is 19.3 Å². The van der Waals surface area contributed by atoms with Crippen LogP contribution in [0.5, 0.6) is 0 Å². The molecule has 1 saturated carbocycles. The maximum Gasteiger partial charge on any atom is 0.0625 e. The molecule has 0 amide bonds. The van der Waals surface area contributed by atoms with Gasteiger partial charge in [0.25, 0.3) is 0 Å². The molecule has 1 rings (SSSR count). The summed E-state index contributed by atoms with van der Waals surface area (Å²) in [6.07, 6.45) is 19.1. The summed E-state index contributed by atoms with van der Waals surface area (Å²) >= 11 is 0. The molecule has 0 aromatic carbocycles. The molecule has 0 aromatic rings. The Bertz CT molecular complexity index is 218. The fourth-order valence-corrected chi connectivity index (χ4v) is 3.43. The average molecular weight is 299 g/mol. The largest absolute Gasteiger partial charge is 0.396 e. The van der Waals surface area contributed by atoms with Gasteiger partial charge in [0.2, 0.25) is 0 Å². The third kappa shape index (κ3) is 9.52. The molecule has 0 heterocycles. The van der Waals surface area contributed by atoms with Gasteiger partial charge in [-0.3, -0.25) is 0 Å². The zero-order valence-electron chi connectivity index (χ0n) is 14.3. The standard InChI is InChI=1S/C19H38O2/c1-2-3-4-5-6-7-8-9-10-11-12-16-21-19-15-13-14-18(19)17-20/h18-20H,2-17H2,1H3/t18-,19-/m0/s1. The second kappa shape index (κ2) is 13.6. The van der Waals surface area contributed by atoms with E-state index < -0.39 is 0 Å². The molecule has 0 aliphatic heterocycles. The van der Waals surface area contributed by atoms with Crippen LogP contribution in [0.25, 0.3) is 0 Å². The van der Waals surface area contributed by atoms with Gasteiger partial charge in [0, 0.05) is 19.1 Å². The Morgan fingerprint density at radius 1 is 0.810 bits per heavy atom. The minimum Gasteiger partial charge on any atom is -0.396 e. The first-order chi connectivity index (χ1) is 10.4. The van der Waals surface area contributed by atoms with E-state index in [1.807, 2.05) is 0 Å². The summed E-state index contributed by atoms with van der Waals surface area (Å²) in [5.74, 6) is 0.415. The number of hydrogen-bond acceptors (Lipinski definition) is 2. The molecule has 2 atom stereocenters. The second-order valence-electron chi connectivity index (χ2n) is 6.82. The van der Waals surface area contributed by atoms with Gasteiger partial charge < -0.3 is 9.84 Å². The molecule has 126 valence electrons. The summed E-state index contributed by atoms with van der Waals surface area (Å²) < 4.78 is 5.93. The van der Waals surface area contributed by atoms with Crippen LogP contribution < -0.4 is 0 Å². The highest BCUT2D eigenvalue weighted by molar-refractivity contribution is 4.77. The number of aliphatic hydroxyl groups excluding tert-OH is 1. The lowest BCUT2D eigenvalue weighted by Crippen LogP contribution is -2.21. The molecular formula is C19H38O2. The Morgan fingerprint density at radius 3 is 1.95 bits per heavy atom. The molecule has 0 saturated heterocycles. The summed E-state index contributed by atoms with van der Waals surface area (Å²) in [7, 11) is 0. The molecule has 0 bridgehead atoms. The fraction of sp³-hybridized carbons (Fsp3) is 1.00. The summed E-state index contributed by atoms with van der Waals surface area (Å²) in [5.41, 5.74) is 0. The van der Waals surface area contributed by atoms with Crippen molar-refractivity contribution in [3.63, 3.8) is 0 Å². The molecule has 0 spiro atoms. The highest BCUT2D eigenvalue weighted by Gasteiger charge is 2.26. The molecular weight excluding hydrogens is 260 g/mol. The number of rotatable bonds is 14. The maximum absolute atomic E-state index is 9.25. The Labute approximate surface area is 132 Å². The van der Waals surface area contributed by atoms with E-state index >= 15 is 0 Å². The topological polar surface area (TPSA) is 29.5 Å². The van der Waals surface area contributed by atoms with Crippen molar-refractivity contribution in [1.82, 2.24) is 0 Å². The number of ether oxygens (including phenoxy) is 1. The van der Waals surface area contributed by atoms with Crippen molar-refractivity contribution in [3.05, 3.63) is 0 Å². The molecule has 0 radical (unpaired) electrons. The van der Waals surface area contributed by atoms with Gasteiger partial charge in [0.1, 0.15) is 0 Å². The zero-order chi connectivity index (χ0) is 15.2. The Kier molecular flexibility index (Phi) is 12.3. The monoisotopic (exact) mass is 298 g/mol. The first-order valence-corrected chi connectivity index (χ1v) is 9.61. The van der Waals surface area contributed by atoms with E-state index in [9.17, 15) is 5.11 Å². The van der Waals surface area contributed by atoms with E-state index in [0.29, 0.717) is 18.6 Å². The lowest BCUT2D eigenvalue weighted by Gasteiger charge is -2.18. The predicted octanol–water partition coefficient (Wildman–Crippen LogP) is 5.48. The summed E-state index contributed by atoms with van der Waals surface area (Å²) in [4.78, 5) is 0. The van der Waals surface area contributed by atoms with E-state index in [2.05, 4.69) is 6.92 Å². The van der Waals surface area contributed by atoms with E-state index in [1.165, 1.54) is 77.0 Å². The van der Waals surface area contributed by atoms with Crippen LogP contribution in [0, 0.1) is 5.92 Å². The van der Waals surface area contributed by atoms with E-state index in [0.717, 1.165) is 19.4 Å². The molecule has 21 heavy (non-hydrogen) atoms. The highest BCUT2D eigenvalue weighted by atomic mass is 16.5. The van der Waals surface area contributed by atoms with E-state index in [1.54, 1.807) is 0 Å². The number of hydrogen-bond donors (Lipinski definition) is 1. The number of unbranched alkanes of at least 4 members (excludes halogenated alkanes) is 10. The molecule has 0 unspecified atom stereocenters. The van der Waals surface area contributed by atoms with Crippen LogP contribution in [-0.2, 0) is 4.74 Å². The van der Waals surface area contributed by atoms with Crippen LogP contribution in [0.4, 0.5) is 0 Å². The molecule has 1 fully saturated rings. The Balaban J connectivity index is 1.76. The molecule has 1 aliphatic rings. The van der Waals surface area contributed by atoms with E-state index in [-0.39, 0.29) is 0 Å². The Morgan fingerprint density at radius 2 is 1.38 bits per heavy atom. The van der Waals surface area contributed by atoms with Crippen LogP contribution in [0.3, 0.4) is 0 Å². The third-order valence-electron chi connectivity index (χ3n) is 4.90. The normalized spacial score (nSPS) is 22.0. The fourth-order valence-electron chi connectivity index (χ4n) is 3.43. The van der Waals surface area contributed by atoms with Gasteiger partial charge in [0.15, 0.2) is 0 Å². The third-order valence-corrected chi connectivity index (χ3v) is 4.90. The first-order valence-electron chi connectivity index (χ1n) is 9.61.